The van der Waals surface area contributed by atoms with Gasteiger partial charge in [0.25, 0.3) is 0 Å². The van der Waals surface area contributed by atoms with E-state index < -0.39 is 0 Å². The van der Waals surface area contributed by atoms with Gasteiger partial charge in [-0.1, -0.05) is 76.0 Å². The predicted molar refractivity (Wildman–Crippen MR) is 102 cm³/mol. The molecule has 0 radical (unpaired) electrons. The van der Waals surface area contributed by atoms with Gasteiger partial charge in [0, 0.05) is 0 Å². The first-order chi connectivity index (χ1) is 10.6. The Labute approximate surface area is 139 Å². The molecule has 0 saturated heterocycles. The van der Waals surface area contributed by atoms with Crippen LogP contribution in [0.1, 0.15) is 76.7 Å². The Morgan fingerprint density at radius 2 is 1.14 bits per heavy atom. The van der Waals surface area contributed by atoms with Crippen LogP contribution in [0.3, 0.4) is 0 Å². The van der Waals surface area contributed by atoms with Crippen LogP contribution in [0, 0.1) is 6.92 Å². The van der Waals surface area contributed by atoms with E-state index in [4.69, 9.17) is 0 Å². The van der Waals surface area contributed by atoms with Crippen molar-refractivity contribution in [2.45, 2.75) is 78.1 Å². The summed E-state index contributed by atoms with van der Waals surface area (Å²) in [4.78, 5) is 0. The van der Waals surface area contributed by atoms with Gasteiger partial charge in [-0.2, -0.15) is 0 Å². The van der Waals surface area contributed by atoms with Gasteiger partial charge >= 0.3 is 0 Å². The van der Waals surface area contributed by atoms with Crippen LogP contribution in [0.4, 0.5) is 5.69 Å². The zero-order valence-corrected chi connectivity index (χ0v) is 15.5. The third-order valence-corrected chi connectivity index (χ3v) is 4.80. The highest BCUT2D eigenvalue weighted by Gasteiger charge is 2.17. The first-order valence-corrected chi connectivity index (χ1v) is 9.46. The van der Waals surface area contributed by atoms with Crippen molar-refractivity contribution < 1.29 is 0 Å². The van der Waals surface area contributed by atoms with Crippen molar-refractivity contribution in [1.82, 2.24) is 4.48 Å². The highest BCUT2D eigenvalue weighted by molar-refractivity contribution is 5.42. The van der Waals surface area contributed by atoms with Gasteiger partial charge < -0.3 is 0 Å². The van der Waals surface area contributed by atoms with Crippen molar-refractivity contribution in [1.29, 1.82) is 0 Å². The summed E-state index contributed by atoms with van der Waals surface area (Å²) in [6.45, 7) is 5.70. The number of unbranched alkanes of at least 4 members (excludes halogenated alkanes) is 9. The minimum Gasteiger partial charge on any atom is -0.296 e. The second-order valence-corrected chi connectivity index (χ2v) is 7.43. The molecule has 1 aromatic carbocycles. The van der Waals surface area contributed by atoms with Crippen molar-refractivity contribution in [2.75, 3.05) is 20.6 Å². The summed E-state index contributed by atoms with van der Waals surface area (Å²) in [7, 11) is 4.66. The Bertz CT molecular complexity index is 377. The number of rotatable bonds is 12. The first-order valence-electron chi connectivity index (χ1n) is 9.46. The number of quaternary nitrogens is 1. The van der Waals surface area contributed by atoms with Crippen LogP contribution in [0.2, 0.25) is 0 Å². The number of aryl methyl sites for hydroxylation is 1. The van der Waals surface area contributed by atoms with Crippen molar-refractivity contribution in [2.24, 2.45) is 0 Å². The Morgan fingerprint density at radius 3 is 1.64 bits per heavy atom. The fourth-order valence-corrected chi connectivity index (χ4v) is 3.07. The zero-order valence-electron chi connectivity index (χ0n) is 15.5. The van der Waals surface area contributed by atoms with E-state index in [9.17, 15) is 0 Å². The molecule has 1 rings (SSSR count). The van der Waals surface area contributed by atoms with Gasteiger partial charge in [0.1, 0.15) is 5.69 Å². The maximum atomic E-state index is 2.33. The smallest absolute Gasteiger partial charge is 0.132 e. The molecule has 0 bridgehead atoms. The van der Waals surface area contributed by atoms with Gasteiger partial charge in [-0.05, 0) is 31.9 Å². The van der Waals surface area contributed by atoms with E-state index in [0.29, 0.717) is 0 Å². The normalized spacial score (nSPS) is 11.8. The average molecular weight is 305 g/mol. The van der Waals surface area contributed by atoms with Crippen LogP contribution < -0.4 is 4.48 Å². The lowest BCUT2D eigenvalue weighted by molar-refractivity contribution is 0.380. The molecular weight excluding hydrogens is 266 g/mol. The van der Waals surface area contributed by atoms with Gasteiger partial charge in [-0.3, -0.25) is 4.48 Å². The molecule has 0 aliphatic carbocycles. The lowest BCUT2D eigenvalue weighted by Crippen LogP contribution is -2.41. The quantitative estimate of drug-likeness (QED) is 0.306. The summed E-state index contributed by atoms with van der Waals surface area (Å²) in [5, 5.41) is 0. The van der Waals surface area contributed by atoms with Gasteiger partial charge in [-0.15, -0.1) is 0 Å². The third kappa shape index (κ3) is 7.98. The molecule has 126 valence electrons. The summed E-state index contributed by atoms with van der Waals surface area (Å²) in [6, 6.07) is 9.03. The molecule has 0 amide bonds. The molecule has 0 spiro atoms. The molecule has 22 heavy (non-hydrogen) atoms. The fourth-order valence-electron chi connectivity index (χ4n) is 3.07. The van der Waals surface area contributed by atoms with Crippen LogP contribution >= 0.6 is 0 Å². The van der Waals surface area contributed by atoms with E-state index >= 15 is 0 Å². The maximum Gasteiger partial charge on any atom is 0.132 e. The number of hydrogen-bond acceptors (Lipinski definition) is 0. The number of nitrogens with zero attached hydrogens (tertiary/aromatic N) is 1. The second-order valence-electron chi connectivity index (χ2n) is 7.43. The lowest BCUT2D eigenvalue weighted by Gasteiger charge is -2.29. The van der Waals surface area contributed by atoms with Crippen LogP contribution in [0.25, 0.3) is 0 Å². The monoisotopic (exact) mass is 304 g/mol. The number of benzene rings is 1. The molecule has 0 heterocycles. The molecule has 0 aliphatic rings. The van der Waals surface area contributed by atoms with Gasteiger partial charge in [0.05, 0.1) is 20.6 Å². The Kier molecular flexibility index (Phi) is 9.47. The average Bonchev–Trinajstić information content (AvgIpc) is 2.49. The van der Waals surface area contributed by atoms with Crippen molar-refractivity contribution in [3.63, 3.8) is 0 Å². The van der Waals surface area contributed by atoms with E-state index in [0.717, 1.165) is 4.48 Å². The van der Waals surface area contributed by atoms with E-state index in [-0.39, 0.29) is 0 Å². The molecule has 0 N–H and O–H groups in total. The fraction of sp³-hybridized carbons (Fsp3) is 0.714. The molecule has 0 fully saturated rings. The van der Waals surface area contributed by atoms with Gasteiger partial charge in [0.2, 0.25) is 0 Å². The molecule has 1 heteroatoms. The SMILES string of the molecule is CCCCCCCCCCCC[N+](C)(C)c1ccc(C)cc1. The largest absolute Gasteiger partial charge is 0.296 e. The van der Waals surface area contributed by atoms with E-state index in [1.165, 1.54) is 82.0 Å². The van der Waals surface area contributed by atoms with Crippen molar-refractivity contribution >= 4 is 5.69 Å². The van der Waals surface area contributed by atoms with E-state index in [2.05, 4.69) is 52.2 Å². The summed E-state index contributed by atoms with van der Waals surface area (Å²) >= 11 is 0. The number of hydrogen-bond donors (Lipinski definition) is 0. The van der Waals surface area contributed by atoms with E-state index in [1.807, 2.05) is 0 Å². The maximum absolute atomic E-state index is 2.33. The van der Waals surface area contributed by atoms with Crippen molar-refractivity contribution in [3.8, 4) is 0 Å². The second kappa shape index (κ2) is 10.8. The predicted octanol–water partition coefficient (Wildman–Crippen LogP) is 6.48. The molecule has 0 saturated carbocycles. The minimum atomic E-state index is 1.01. The topological polar surface area (TPSA) is 0 Å². The Balaban J connectivity index is 2.07. The molecule has 0 unspecified atom stereocenters. The summed E-state index contributed by atoms with van der Waals surface area (Å²) in [5.74, 6) is 0. The summed E-state index contributed by atoms with van der Waals surface area (Å²) in [5.41, 5.74) is 2.78. The zero-order chi connectivity index (χ0) is 16.3. The van der Waals surface area contributed by atoms with Crippen LogP contribution in [0.5, 0.6) is 0 Å². The summed E-state index contributed by atoms with van der Waals surface area (Å²) in [6.07, 6.45) is 14.2. The summed E-state index contributed by atoms with van der Waals surface area (Å²) < 4.78 is 1.01. The molecule has 0 atom stereocenters. The van der Waals surface area contributed by atoms with E-state index in [1.54, 1.807) is 0 Å². The van der Waals surface area contributed by atoms with Gasteiger partial charge in [-0.25, -0.2) is 0 Å². The first kappa shape index (κ1) is 19.2. The molecular formula is C21H38N+. The highest BCUT2D eigenvalue weighted by Crippen LogP contribution is 2.20. The highest BCUT2D eigenvalue weighted by atomic mass is 15.3. The van der Waals surface area contributed by atoms with Gasteiger partial charge in [0.15, 0.2) is 0 Å². The minimum absolute atomic E-state index is 1.01. The standard InChI is InChI=1S/C21H38N/c1-5-6-7-8-9-10-11-12-13-14-19-22(3,4)21-17-15-20(2)16-18-21/h15-18H,5-14,19H2,1-4H3/q+1. The lowest BCUT2D eigenvalue weighted by atomic mass is 10.1. The van der Waals surface area contributed by atoms with Crippen LogP contribution in [-0.4, -0.2) is 20.6 Å². The third-order valence-electron chi connectivity index (χ3n) is 4.80. The molecule has 1 nitrogen and oxygen atoms in total. The van der Waals surface area contributed by atoms with Crippen LogP contribution in [0.15, 0.2) is 24.3 Å². The Hall–Kier alpha value is -0.820. The molecule has 0 aliphatic heterocycles. The Morgan fingerprint density at radius 1 is 0.682 bits per heavy atom. The van der Waals surface area contributed by atoms with Crippen molar-refractivity contribution in [3.05, 3.63) is 29.8 Å². The molecule has 0 aromatic heterocycles. The molecule has 1 aromatic rings. The van der Waals surface area contributed by atoms with Crippen LogP contribution in [-0.2, 0) is 0 Å².